The van der Waals surface area contributed by atoms with E-state index in [-0.39, 0.29) is 6.04 Å². The van der Waals surface area contributed by atoms with Crippen LogP contribution < -0.4 is 5.73 Å². The van der Waals surface area contributed by atoms with Gasteiger partial charge in [0.15, 0.2) is 0 Å². The predicted octanol–water partition coefficient (Wildman–Crippen LogP) is 15.4. The molecule has 298 valence electrons. The van der Waals surface area contributed by atoms with E-state index < -0.39 is 0 Å². The van der Waals surface area contributed by atoms with Gasteiger partial charge in [-0.3, -0.25) is 0 Å². The molecular formula is C59H41N3O. The van der Waals surface area contributed by atoms with Gasteiger partial charge in [0.05, 0.1) is 22.1 Å². The quantitative estimate of drug-likeness (QED) is 0.155. The molecule has 1 atom stereocenters. The van der Waals surface area contributed by atoms with Crippen molar-refractivity contribution in [1.29, 1.82) is 0 Å². The monoisotopic (exact) mass is 807 g/mol. The topological polar surface area (TPSA) is 49.0 Å². The van der Waals surface area contributed by atoms with Crippen LogP contribution in [0.3, 0.4) is 0 Å². The molecule has 0 bridgehead atoms. The van der Waals surface area contributed by atoms with E-state index in [0.29, 0.717) is 0 Å². The number of rotatable bonds is 8. The average Bonchev–Trinajstić information content (AvgIpc) is 4.00. The minimum atomic E-state index is -0.267. The van der Waals surface area contributed by atoms with Gasteiger partial charge in [-0.2, -0.15) is 0 Å². The summed E-state index contributed by atoms with van der Waals surface area (Å²) in [5.74, 6) is 0. The lowest BCUT2D eigenvalue weighted by Gasteiger charge is -2.11. The van der Waals surface area contributed by atoms with Gasteiger partial charge in [0.1, 0.15) is 11.2 Å². The summed E-state index contributed by atoms with van der Waals surface area (Å²) in [5, 5.41) is 7.08. The Morgan fingerprint density at radius 3 is 1.70 bits per heavy atom. The molecule has 3 heterocycles. The zero-order valence-corrected chi connectivity index (χ0v) is 34.4. The van der Waals surface area contributed by atoms with Crippen LogP contribution in [-0.2, 0) is 0 Å². The molecule has 0 aliphatic carbocycles. The SMILES string of the molecule is NC(/C=C(\C=C\n1c2ccc(-c3ccc4oc5ccccc5c4c3)cc2c2cc(-c3ccc4c5ccccc5n(-c5ccccc5)c4c3)ccc21)c1ccccc1)c1ccccc1. The molecule has 4 heteroatoms. The Labute approximate surface area is 364 Å². The zero-order chi connectivity index (χ0) is 41.9. The Morgan fingerprint density at radius 2 is 0.968 bits per heavy atom. The summed E-state index contributed by atoms with van der Waals surface area (Å²) in [7, 11) is 0. The molecule has 0 saturated heterocycles. The summed E-state index contributed by atoms with van der Waals surface area (Å²) in [4.78, 5) is 0. The van der Waals surface area contributed by atoms with Crippen LogP contribution in [0.4, 0.5) is 0 Å². The molecule has 2 N–H and O–H groups in total. The third-order valence-electron chi connectivity index (χ3n) is 12.6. The van der Waals surface area contributed by atoms with E-state index in [9.17, 15) is 0 Å². The van der Waals surface area contributed by atoms with Crippen molar-refractivity contribution < 1.29 is 4.42 Å². The van der Waals surface area contributed by atoms with Crippen LogP contribution in [0.25, 0.3) is 105 Å². The maximum Gasteiger partial charge on any atom is 0.135 e. The normalized spacial score (nSPS) is 12.8. The van der Waals surface area contributed by atoms with Crippen molar-refractivity contribution in [3.63, 3.8) is 0 Å². The lowest BCUT2D eigenvalue weighted by molar-refractivity contribution is 0.669. The first-order valence-corrected chi connectivity index (χ1v) is 21.5. The van der Waals surface area contributed by atoms with E-state index in [2.05, 4.69) is 209 Å². The number of hydrogen-bond acceptors (Lipinski definition) is 2. The highest BCUT2D eigenvalue weighted by Crippen LogP contribution is 2.40. The van der Waals surface area contributed by atoms with Crippen molar-refractivity contribution in [3.8, 4) is 27.9 Å². The van der Waals surface area contributed by atoms with E-state index in [1.54, 1.807) is 0 Å². The number of benzene rings is 9. The van der Waals surface area contributed by atoms with Crippen molar-refractivity contribution in [2.45, 2.75) is 6.04 Å². The van der Waals surface area contributed by atoms with Crippen LogP contribution in [-0.4, -0.2) is 9.13 Å². The van der Waals surface area contributed by atoms with Gasteiger partial charge in [0.2, 0.25) is 0 Å². The summed E-state index contributed by atoms with van der Waals surface area (Å²) in [5.41, 5.74) is 22.3. The number of nitrogens with two attached hydrogens (primary N) is 1. The van der Waals surface area contributed by atoms with Gasteiger partial charge in [-0.05, 0) is 112 Å². The fourth-order valence-electron chi connectivity index (χ4n) is 9.48. The number of hydrogen-bond donors (Lipinski definition) is 1. The zero-order valence-electron chi connectivity index (χ0n) is 34.4. The lowest BCUT2D eigenvalue weighted by atomic mass is 9.99. The van der Waals surface area contributed by atoms with Gasteiger partial charge >= 0.3 is 0 Å². The molecule has 0 spiro atoms. The second-order valence-corrected chi connectivity index (χ2v) is 16.3. The molecule has 0 aliphatic rings. The molecule has 0 amide bonds. The second kappa shape index (κ2) is 15.1. The van der Waals surface area contributed by atoms with E-state index in [1.807, 2.05) is 30.3 Å². The number of nitrogens with zero attached hydrogens (tertiary/aromatic N) is 2. The third-order valence-corrected chi connectivity index (χ3v) is 12.6. The summed E-state index contributed by atoms with van der Waals surface area (Å²) in [6, 6.07) is 75.3. The standard InChI is InChI=1S/C59H41N3O/c60-53(40-16-6-2-7-17-40)37-45(39-14-4-1-5-15-39)32-33-61-54-29-25-41(43-27-31-59-52(36-43)49-21-11-13-23-58(49)63-59)34-50(54)51-35-42(26-30-55(51)61)44-24-28-48-47-20-10-12-22-56(47)62(57(48)38-44)46-18-8-3-9-19-46/h1-38,53H,60H2/b33-32+,45-37+. The second-order valence-electron chi connectivity index (χ2n) is 16.3. The van der Waals surface area contributed by atoms with Crippen molar-refractivity contribution in [1.82, 2.24) is 9.13 Å². The van der Waals surface area contributed by atoms with Crippen LogP contribution in [0.1, 0.15) is 17.2 Å². The Bertz CT molecular complexity index is 3740. The van der Waals surface area contributed by atoms with Crippen LogP contribution in [0.2, 0.25) is 0 Å². The summed E-state index contributed by atoms with van der Waals surface area (Å²) < 4.78 is 10.9. The summed E-state index contributed by atoms with van der Waals surface area (Å²) in [6.45, 7) is 0. The molecule has 4 nitrogen and oxygen atoms in total. The van der Waals surface area contributed by atoms with Gasteiger partial charge in [0.25, 0.3) is 0 Å². The van der Waals surface area contributed by atoms with Crippen molar-refractivity contribution in [3.05, 3.63) is 236 Å². The first kappa shape index (κ1) is 36.7. The van der Waals surface area contributed by atoms with Gasteiger partial charge < -0.3 is 19.3 Å². The molecule has 0 fully saturated rings. The predicted molar refractivity (Wildman–Crippen MR) is 265 cm³/mol. The lowest BCUT2D eigenvalue weighted by Crippen LogP contribution is -2.07. The number of aromatic nitrogens is 2. The third kappa shape index (κ3) is 6.35. The molecule has 0 radical (unpaired) electrons. The number of fused-ring (bicyclic) bond motifs is 9. The minimum Gasteiger partial charge on any atom is -0.456 e. The highest BCUT2D eigenvalue weighted by atomic mass is 16.3. The van der Waals surface area contributed by atoms with E-state index in [0.717, 1.165) is 72.0 Å². The highest BCUT2D eigenvalue weighted by Gasteiger charge is 2.17. The molecule has 12 aromatic rings. The fraction of sp³-hybridized carbons (Fsp3) is 0.0169. The largest absolute Gasteiger partial charge is 0.456 e. The summed E-state index contributed by atoms with van der Waals surface area (Å²) in [6.07, 6.45) is 6.56. The van der Waals surface area contributed by atoms with Gasteiger partial charge in [-0.25, -0.2) is 0 Å². The van der Waals surface area contributed by atoms with Crippen molar-refractivity contribution >= 4 is 77.3 Å². The number of furan rings is 1. The Morgan fingerprint density at radius 1 is 0.429 bits per heavy atom. The van der Waals surface area contributed by atoms with E-state index in [1.165, 1.54) is 38.1 Å². The van der Waals surface area contributed by atoms with Gasteiger partial charge in [-0.1, -0.05) is 152 Å². The molecule has 1 unspecified atom stereocenters. The fourth-order valence-corrected chi connectivity index (χ4v) is 9.48. The Kier molecular flexibility index (Phi) is 8.77. The maximum absolute atomic E-state index is 6.84. The van der Waals surface area contributed by atoms with Crippen LogP contribution >= 0.6 is 0 Å². The van der Waals surface area contributed by atoms with E-state index in [4.69, 9.17) is 10.2 Å². The number of allylic oxidation sites excluding steroid dienone is 2. The van der Waals surface area contributed by atoms with Crippen LogP contribution in [0.15, 0.2) is 229 Å². The average molecular weight is 808 g/mol. The van der Waals surface area contributed by atoms with Gasteiger partial charge in [0, 0.05) is 50.2 Å². The molecule has 0 aliphatic heterocycles. The van der Waals surface area contributed by atoms with Crippen LogP contribution in [0, 0.1) is 0 Å². The molecular weight excluding hydrogens is 767 g/mol. The molecule has 9 aromatic carbocycles. The van der Waals surface area contributed by atoms with E-state index >= 15 is 0 Å². The Balaban J connectivity index is 1.04. The van der Waals surface area contributed by atoms with Crippen molar-refractivity contribution in [2.75, 3.05) is 0 Å². The molecule has 0 saturated carbocycles. The minimum absolute atomic E-state index is 0.267. The molecule has 63 heavy (non-hydrogen) atoms. The maximum atomic E-state index is 6.84. The Hall–Kier alpha value is -8.18. The molecule has 12 rings (SSSR count). The highest BCUT2D eigenvalue weighted by molar-refractivity contribution is 6.14. The van der Waals surface area contributed by atoms with Crippen molar-refractivity contribution in [2.24, 2.45) is 5.73 Å². The van der Waals surface area contributed by atoms with Gasteiger partial charge in [-0.15, -0.1) is 0 Å². The van der Waals surface area contributed by atoms with Crippen LogP contribution in [0.5, 0.6) is 0 Å². The number of para-hydroxylation sites is 3. The summed E-state index contributed by atoms with van der Waals surface area (Å²) >= 11 is 0. The smallest absolute Gasteiger partial charge is 0.135 e. The first-order chi connectivity index (χ1) is 31.1. The first-order valence-electron chi connectivity index (χ1n) is 21.5. The molecule has 3 aromatic heterocycles.